The van der Waals surface area contributed by atoms with Crippen LogP contribution >= 0.6 is 15.9 Å². The highest BCUT2D eigenvalue weighted by Gasteiger charge is 2.15. The van der Waals surface area contributed by atoms with Gasteiger partial charge in [-0.25, -0.2) is 17.2 Å². The van der Waals surface area contributed by atoms with Crippen molar-refractivity contribution in [2.24, 2.45) is 0 Å². The summed E-state index contributed by atoms with van der Waals surface area (Å²) in [5.41, 5.74) is -0.380. The van der Waals surface area contributed by atoms with E-state index in [1.54, 1.807) is 7.05 Å². The Balaban J connectivity index is 2.70. The van der Waals surface area contributed by atoms with Crippen molar-refractivity contribution in [1.82, 2.24) is 5.32 Å². The van der Waals surface area contributed by atoms with Gasteiger partial charge in [-0.2, -0.15) is 0 Å². The number of anilines is 1. The Morgan fingerprint density at radius 1 is 1.21 bits per heavy atom. The third kappa shape index (κ3) is 5.42. The Kier molecular flexibility index (Phi) is 6.15. The second kappa shape index (κ2) is 7.16. The van der Waals surface area contributed by atoms with Crippen LogP contribution < -0.4 is 10.0 Å². The van der Waals surface area contributed by atoms with Gasteiger partial charge in [0, 0.05) is 6.07 Å². The molecule has 0 aromatic heterocycles. The molecule has 0 heterocycles. The van der Waals surface area contributed by atoms with Gasteiger partial charge in [-0.3, -0.25) is 4.72 Å². The lowest BCUT2D eigenvalue weighted by Gasteiger charge is -2.09. The molecule has 0 aliphatic rings. The third-order valence-electron chi connectivity index (χ3n) is 2.37. The summed E-state index contributed by atoms with van der Waals surface area (Å²) in [5, 5.41) is 2.90. The molecule has 8 heteroatoms. The summed E-state index contributed by atoms with van der Waals surface area (Å²) in [6.07, 6.45) is 1.13. The third-order valence-corrected chi connectivity index (χ3v) is 4.33. The van der Waals surface area contributed by atoms with Crippen molar-refractivity contribution in [3.63, 3.8) is 0 Å². The van der Waals surface area contributed by atoms with Crippen molar-refractivity contribution >= 4 is 31.6 Å². The minimum absolute atomic E-state index is 0.0537. The maximum absolute atomic E-state index is 13.5. The van der Waals surface area contributed by atoms with Gasteiger partial charge in [-0.15, -0.1) is 0 Å². The van der Waals surface area contributed by atoms with Gasteiger partial charge in [-0.05, 0) is 48.4 Å². The number of halogens is 3. The number of hydrogen-bond acceptors (Lipinski definition) is 3. The summed E-state index contributed by atoms with van der Waals surface area (Å²) in [7, 11) is -1.90. The Bertz CT molecular complexity index is 538. The molecule has 1 aromatic rings. The van der Waals surface area contributed by atoms with Crippen molar-refractivity contribution in [3.05, 3.63) is 28.2 Å². The van der Waals surface area contributed by atoms with E-state index < -0.39 is 21.7 Å². The molecular weight excluding hydrogens is 342 g/mol. The number of rotatable bonds is 7. The second-order valence-corrected chi connectivity index (χ2v) is 6.67. The monoisotopic (exact) mass is 356 g/mol. The van der Waals surface area contributed by atoms with Crippen LogP contribution in [0.3, 0.4) is 0 Å². The first-order valence-corrected chi connectivity index (χ1v) is 8.10. The molecule has 0 atom stereocenters. The molecule has 4 nitrogen and oxygen atoms in total. The van der Waals surface area contributed by atoms with Crippen LogP contribution in [0.25, 0.3) is 0 Å². The first-order valence-electron chi connectivity index (χ1n) is 5.65. The maximum Gasteiger partial charge on any atom is 0.232 e. The van der Waals surface area contributed by atoms with E-state index in [4.69, 9.17) is 0 Å². The molecular formula is C11H15BrF2N2O2S. The van der Waals surface area contributed by atoms with Crippen LogP contribution in [0.15, 0.2) is 16.6 Å². The van der Waals surface area contributed by atoms with Gasteiger partial charge in [0.15, 0.2) is 0 Å². The lowest BCUT2D eigenvalue weighted by molar-refractivity contribution is 0.588. The highest BCUT2D eigenvalue weighted by atomic mass is 79.9. The lowest BCUT2D eigenvalue weighted by atomic mass is 10.3. The zero-order valence-corrected chi connectivity index (χ0v) is 12.7. The molecule has 0 amide bonds. The van der Waals surface area contributed by atoms with E-state index in [2.05, 4.69) is 21.2 Å². The molecule has 1 rings (SSSR count). The summed E-state index contributed by atoms with van der Waals surface area (Å²) < 4.78 is 52.1. The highest BCUT2D eigenvalue weighted by molar-refractivity contribution is 9.10. The van der Waals surface area contributed by atoms with E-state index in [1.165, 1.54) is 0 Å². The van der Waals surface area contributed by atoms with E-state index in [9.17, 15) is 17.2 Å². The summed E-state index contributed by atoms with van der Waals surface area (Å²) in [5.74, 6) is -1.69. The fourth-order valence-electron chi connectivity index (χ4n) is 1.41. The van der Waals surface area contributed by atoms with E-state index in [0.717, 1.165) is 12.1 Å². The molecule has 0 fully saturated rings. The second-order valence-electron chi connectivity index (χ2n) is 3.98. The van der Waals surface area contributed by atoms with E-state index in [0.29, 0.717) is 19.4 Å². The quantitative estimate of drug-likeness (QED) is 0.582. The van der Waals surface area contributed by atoms with Gasteiger partial charge in [0.25, 0.3) is 0 Å². The minimum Gasteiger partial charge on any atom is -0.320 e. The molecule has 2 N–H and O–H groups in total. The van der Waals surface area contributed by atoms with Crippen LogP contribution in [-0.4, -0.2) is 27.8 Å². The van der Waals surface area contributed by atoms with Crippen LogP contribution in [0.4, 0.5) is 14.5 Å². The molecule has 19 heavy (non-hydrogen) atoms. The van der Waals surface area contributed by atoms with Crippen LogP contribution in [0, 0.1) is 11.6 Å². The molecule has 0 bridgehead atoms. The average Bonchev–Trinajstić information content (AvgIpc) is 2.31. The minimum atomic E-state index is -3.67. The zero-order valence-electron chi connectivity index (χ0n) is 10.3. The maximum atomic E-state index is 13.5. The molecule has 0 aliphatic heterocycles. The molecule has 108 valence electrons. The smallest absolute Gasteiger partial charge is 0.232 e. The molecule has 0 aliphatic carbocycles. The number of nitrogens with one attached hydrogen (secondary N) is 2. The van der Waals surface area contributed by atoms with Crippen LogP contribution in [0.5, 0.6) is 0 Å². The zero-order chi connectivity index (χ0) is 14.5. The SMILES string of the molecule is CNCCCCS(=O)(=O)Nc1cc(F)c(Br)cc1F. The van der Waals surface area contributed by atoms with Crippen molar-refractivity contribution in [3.8, 4) is 0 Å². The van der Waals surface area contributed by atoms with Crippen LogP contribution in [0.2, 0.25) is 0 Å². The molecule has 0 saturated carbocycles. The number of sulfonamides is 1. The molecule has 0 saturated heterocycles. The van der Waals surface area contributed by atoms with Crippen molar-refractivity contribution < 1.29 is 17.2 Å². The molecule has 0 spiro atoms. The summed E-state index contributed by atoms with van der Waals surface area (Å²) in [4.78, 5) is 0. The Hall–Kier alpha value is -0.730. The van der Waals surface area contributed by atoms with E-state index in [-0.39, 0.29) is 15.9 Å². The Morgan fingerprint density at radius 2 is 1.89 bits per heavy atom. The fraction of sp³-hybridized carbons (Fsp3) is 0.455. The van der Waals surface area contributed by atoms with E-state index in [1.807, 2.05) is 4.72 Å². The predicted octanol–water partition coefficient (Wildman–Crippen LogP) is 2.47. The lowest BCUT2D eigenvalue weighted by Crippen LogP contribution is -2.19. The van der Waals surface area contributed by atoms with Gasteiger partial charge in [0.1, 0.15) is 11.6 Å². The van der Waals surface area contributed by atoms with Crippen molar-refractivity contribution in [2.75, 3.05) is 24.1 Å². The van der Waals surface area contributed by atoms with Crippen molar-refractivity contribution in [2.45, 2.75) is 12.8 Å². The van der Waals surface area contributed by atoms with Crippen LogP contribution in [-0.2, 0) is 10.0 Å². The van der Waals surface area contributed by atoms with Gasteiger partial charge in [-0.1, -0.05) is 0 Å². The summed E-state index contributed by atoms with van der Waals surface area (Å²) in [6.45, 7) is 0.705. The Morgan fingerprint density at radius 3 is 2.53 bits per heavy atom. The standard InChI is InChI=1S/C11H15BrF2N2O2S/c1-15-4-2-3-5-19(17,18)16-11-7-9(13)8(12)6-10(11)14/h6-7,15-16H,2-5H2,1H3. The fourth-order valence-corrected chi connectivity index (χ4v) is 2.91. The van der Waals surface area contributed by atoms with E-state index >= 15 is 0 Å². The predicted molar refractivity (Wildman–Crippen MR) is 74.6 cm³/mol. The molecule has 1 aromatic carbocycles. The van der Waals surface area contributed by atoms with Gasteiger partial charge >= 0.3 is 0 Å². The van der Waals surface area contributed by atoms with Gasteiger partial charge in [0.2, 0.25) is 10.0 Å². The molecule has 0 unspecified atom stereocenters. The normalized spacial score (nSPS) is 11.6. The Labute approximate surface area is 119 Å². The highest BCUT2D eigenvalue weighted by Crippen LogP contribution is 2.24. The number of unbranched alkanes of at least 4 members (excludes halogenated alkanes) is 1. The van der Waals surface area contributed by atoms with Crippen molar-refractivity contribution in [1.29, 1.82) is 0 Å². The largest absolute Gasteiger partial charge is 0.320 e. The summed E-state index contributed by atoms with van der Waals surface area (Å²) in [6, 6.07) is 1.69. The average molecular weight is 357 g/mol. The topological polar surface area (TPSA) is 58.2 Å². The van der Waals surface area contributed by atoms with Crippen LogP contribution in [0.1, 0.15) is 12.8 Å². The van der Waals surface area contributed by atoms with Gasteiger partial charge < -0.3 is 5.32 Å². The summed E-state index contributed by atoms with van der Waals surface area (Å²) >= 11 is 2.82. The first kappa shape index (κ1) is 16.3. The first-order chi connectivity index (χ1) is 8.85. The molecule has 0 radical (unpaired) electrons. The number of hydrogen-bond donors (Lipinski definition) is 2. The van der Waals surface area contributed by atoms with Gasteiger partial charge in [0.05, 0.1) is 15.9 Å². The number of benzene rings is 1.